The molecule has 0 unspecified atom stereocenters. The van der Waals surface area contributed by atoms with E-state index in [1.165, 1.54) is 12.1 Å². The molecule has 2 aromatic heterocycles. The smallest absolute Gasteiger partial charge is 0.259 e. The van der Waals surface area contributed by atoms with E-state index < -0.39 is 0 Å². The molecule has 1 aromatic carbocycles. The molecule has 7 nitrogen and oxygen atoms in total. The molecule has 3 heterocycles. The summed E-state index contributed by atoms with van der Waals surface area (Å²) in [6.07, 6.45) is 3.46. The van der Waals surface area contributed by atoms with Gasteiger partial charge in [0.05, 0.1) is 11.5 Å². The number of aromatic nitrogens is 3. The van der Waals surface area contributed by atoms with Crippen molar-refractivity contribution in [3.63, 3.8) is 0 Å². The Morgan fingerprint density at radius 3 is 2.79 bits per heavy atom. The number of aryl methyl sites for hydroxylation is 1. The average molecular weight is 395 g/mol. The number of rotatable bonds is 5. The maximum Gasteiger partial charge on any atom is 0.259 e. The third-order valence-electron chi connectivity index (χ3n) is 5.02. The van der Waals surface area contributed by atoms with Gasteiger partial charge in [0.15, 0.2) is 5.82 Å². The van der Waals surface area contributed by atoms with E-state index in [2.05, 4.69) is 25.3 Å². The van der Waals surface area contributed by atoms with Crippen LogP contribution in [0.1, 0.15) is 24.2 Å². The van der Waals surface area contributed by atoms with E-state index in [0.717, 1.165) is 36.3 Å². The van der Waals surface area contributed by atoms with Crippen LogP contribution < -0.4 is 10.2 Å². The number of carbonyl (C=O) groups is 1. The van der Waals surface area contributed by atoms with E-state index in [9.17, 15) is 9.18 Å². The molecule has 0 saturated carbocycles. The number of piperidine rings is 1. The third-order valence-corrected chi connectivity index (χ3v) is 5.02. The van der Waals surface area contributed by atoms with Crippen LogP contribution in [0.15, 0.2) is 47.1 Å². The lowest BCUT2D eigenvalue weighted by Crippen LogP contribution is -2.43. The minimum absolute atomic E-state index is 0.0111. The van der Waals surface area contributed by atoms with Crippen LogP contribution in [0.2, 0.25) is 0 Å². The summed E-state index contributed by atoms with van der Waals surface area (Å²) in [6, 6.07) is 9.96. The summed E-state index contributed by atoms with van der Waals surface area (Å²) in [6.45, 7) is 3.63. The lowest BCUT2D eigenvalue weighted by atomic mass is 9.97. The Morgan fingerprint density at radius 2 is 2.10 bits per heavy atom. The van der Waals surface area contributed by atoms with Crippen molar-refractivity contribution >= 4 is 11.7 Å². The minimum atomic E-state index is -0.282. The zero-order valence-electron chi connectivity index (χ0n) is 16.1. The van der Waals surface area contributed by atoms with Crippen molar-refractivity contribution < 1.29 is 13.7 Å². The van der Waals surface area contributed by atoms with Gasteiger partial charge in [0.2, 0.25) is 5.91 Å². The van der Waals surface area contributed by atoms with E-state index in [1.54, 1.807) is 25.3 Å². The highest BCUT2D eigenvalue weighted by Gasteiger charge is 2.26. The molecule has 1 aliphatic rings. The van der Waals surface area contributed by atoms with Crippen LogP contribution in [-0.2, 0) is 11.3 Å². The van der Waals surface area contributed by atoms with Crippen molar-refractivity contribution in [1.29, 1.82) is 0 Å². The molecule has 1 atom stereocenters. The first-order valence-electron chi connectivity index (χ1n) is 9.62. The Kier molecular flexibility index (Phi) is 5.50. The van der Waals surface area contributed by atoms with Gasteiger partial charge < -0.3 is 14.7 Å². The fourth-order valence-electron chi connectivity index (χ4n) is 3.45. The quantitative estimate of drug-likeness (QED) is 0.715. The highest BCUT2D eigenvalue weighted by atomic mass is 19.1. The first-order valence-corrected chi connectivity index (χ1v) is 9.62. The molecule has 1 fully saturated rings. The Bertz CT molecular complexity index is 971. The molecule has 0 spiro atoms. The highest BCUT2D eigenvalue weighted by molar-refractivity contribution is 5.79. The summed E-state index contributed by atoms with van der Waals surface area (Å²) < 4.78 is 18.2. The van der Waals surface area contributed by atoms with Crippen LogP contribution in [0.3, 0.4) is 0 Å². The van der Waals surface area contributed by atoms with Gasteiger partial charge in [-0.05, 0) is 49.6 Å². The van der Waals surface area contributed by atoms with Gasteiger partial charge in [-0.1, -0.05) is 17.3 Å². The summed E-state index contributed by atoms with van der Waals surface area (Å²) in [5, 5.41) is 6.75. The van der Waals surface area contributed by atoms with Gasteiger partial charge in [-0.3, -0.25) is 4.79 Å². The Morgan fingerprint density at radius 1 is 1.28 bits per heavy atom. The normalized spacial score (nSPS) is 16.6. The van der Waals surface area contributed by atoms with Crippen molar-refractivity contribution in [3.05, 3.63) is 59.8 Å². The van der Waals surface area contributed by atoms with Gasteiger partial charge >= 0.3 is 0 Å². The lowest BCUT2D eigenvalue weighted by Gasteiger charge is -2.32. The van der Waals surface area contributed by atoms with E-state index in [0.29, 0.717) is 24.8 Å². The van der Waals surface area contributed by atoms with Gasteiger partial charge in [-0.15, -0.1) is 0 Å². The van der Waals surface area contributed by atoms with Crippen LogP contribution >= 0.6 is 0 Å². The second kappa shape index (κ2) is 8.38. The zero-order valence-corrected chi connectivity index (χ0v) is 16.1. The third kappa shape index (κ3) is 4.59. The van der Waals surface area contributed by atoms with Crippen molar-refractivity contribution in [2.75, 3.05) is 18.0 Å². The predicted molar refractivity (Wildman–Crippen MR) is 105 cm³/mol. The number of benzene rings is 1. The first kappa shape index (κ1) is 19.0. The predicted octanol–water partition coefficient (Wildman–Crippen LogP) is 3.11. The Hall–Kier alpha value is -3.29. The number of amides is 1. The van der Waals surface area contributed by atoms with Gasteiger partial charge in [-0.2, -0.15) is 4.98 Å². The summed E-state index contributed by atoms with van der Waals surface area (Å²) in [7, 11) is 0. The van der Waals surface area contributed by atoms with Gasteiger partial charge in [0.1, 0.15) is 11.6 Å². The molecule has 150 valence electrons. The Labute approximate surface area is 168 Å². The van der Waals surface area contributed by atoms with E-state index in [4.69, 9.17) is 4.52 Å². The summed E-state index contributed by atoms with van der Waals surface area (Å²) >= 11 is 0. The maximum absolute atomic E-state index is 13.0. The van der Waals surface area contributed by atoms with E-state index >= 15 is 0 Å². The molecule has 8 heteroatoms. The molecule has 1 aliphatic heterocycles. The maximum atomic E-state index is 13.0. The summed E-state index contributed by atoms with van der Waals surface area (Å²) in [5.41, 5.74) is 1.64. The number of pyridine rings is 1. The lowest BCUT2D eigenvalue weighted by molar-refractivity contribution is -0.125. The van der Waals surface area contributed by atoms with Crippen LogP contribution in [0.25, 0.3) is 11.5 Å². The zero-order chi connectivity index (χ0) is 20.2. The molecule has 4 rings (SSSR count). The molecule has 1 saturated heterocycles. The minimum Gasteiger partial charge on any atom is -0.356 e. The SMILES string of the molecule is Cc1noc(-c2ccc(N3CCC[C@H](C(=O)NCc4ccc(F)cc4)C3)nc2)n1. The fraction of sp³-hybridized carbons (Fsp3) is 0.333. The molecule has 3 aromatic rings. The number of carbonyl (C=O) groups excluding carboxylic acids is 1. The van der Waals surface area contributed by atoms with Crippen LogP contribution in [-0.4, -0.2) is 34.1 Å². The van der Waals surface area contributed by atoms with Gasteiger partial charge in [0, 0.05) is 25.8 Å². The molecular formula is C21H22FN5O2. The van der Waals surface area contributed by atoms with E-state index in [1.807, 2.05) is 12.1 Å². The average Bonchev–Trinajstić information content (AvgIpc) is 3.19. The van der Waals surface area contributed by atoms with Gasteiger partial charge in [0.25, 0.3) is 5.89 Å². The standard InChI is InChI=1S/C21H22FN5O2/c1-14-25-21(29-26-14)16-6-9-19(23-12-16)27-10-2-3-17(13-27)20(28)24-11-15-4-7-18(22)8-5-15/h4-9,12,17H,2-3,10-11,13H2,1H3,(H,24,28)/t17-/m0/s1. The highest BCUT2D eigenvalue weighted by Crippen LogP contribution is 2.24. The van der Waals surface area contributed by atoms with E-state index in [-0.39, 0.29) is 17.6 Å². The fourth-order valence-corrected chi connectivity index (χ4v) is 3.45. The topological polar surface area (TPSA) is 84.2 Å². The van der Waals surface area contributed by atoms with Crippen molar-refractivity contribution in [1.82, 2.24) is 20.4 Å². The van der Waals surface area contributed by atoms with Crippen LogP contribution in [0.5, 0.6) is 0 Å². The summed E-state index contributed by atoms with van der Waals surface area (Å²) in [4.78, 5) is 23.4. The molecule has 0 radical (unpaired) electrons. The monoisotopic (exact) mass is 395 g/mol. The molecular weight excluding hydrogens is 373 g/mol. The molecule has 1 amide bonds. The molecule has 29 heavy (non-hydrogen) atoms. The first-order chi connectivity index (χ1) is 14.1. The van der Waals surface area contributed by atoms with Crippen molar-refractivity contribution in [3.8, 4) is 11.5 Å². The number of hydrogen-bond donors (Lipinski definition) is 1. The number of halogens is 1. The van der Waals surface area contributed by atoms with Crippen molar-refractivity contribution in [2.24, 2.45) is 5.92 Å². The molecule has 0 bridgehead atoms. The largest absolute Gasteiger partial charge is 0.356 e. The molecule has 1 N–H and O–H groups in total. The van der Waals surface area contributed by atoms with Crippen LogP contribution in [0, 0.1) is 18.7 Å². The number of nitrogens with zero attached hydrogens (tertiary/aromatic N) is 4. The van der Waals surface area contributed by atoms with Crippen LogP contribution in [0.4, 0.5) is 10.2 Å². The number of nitrogens with one attached hydrogen (secondary N) is 1. The second-order valence-corrected chi connectivity index (χ2v) is 7.18. The summed E-state index contributed by atoms with van der Waals surface area (Å²) in [5.74, 6) is 1.46. The Balaban J connectivity index is 1.36. The number of hydrogen-bond acceptors (Lipinski definition) is 6. The molecule has 0 aliphatic carbocycles. The van der Waals surface area contributed by atoms with Crippen molar-refractivity contribution in [2.45, 2.75) is 26.3 Å². The van der Waals surface area contributed by atoms with Gasteiger partial charge in [-0.25, -0.2) is 9.37 Å². The second-order valence-electron chi connectivity index (χ2n) is 7.18. The number of anilines is 1.